The fourth-order valence-corrected chi connectivity index (χ4v) is 4.86. The highest BCUT2D eigenvalue weighted by molar-refractivity contribution is 7.13. The van der Waals surface area contributed by atoms with Crippen molar-refractivity contribution in [3.05, 3.63) is 35.3 Å². The molecule has 3 heterocycles. The van der Waals surface area contributed by atoms with Crippen LogP contribution in [0.25, 0.3) is 21.6 Å². The van der Waals surface area contributed by atoms with Crippen molar-refractivity contribution in [1.29, 1.82) is 0 Å². The van der Waals surface area contributed by atoms with Gasteiger partial charge in [0.25, 0.3) is 5.91 Å². The second-order valence-corrected chi connectivity index (χ2v) is 9.09. The Hall–Kier alpha value is -2.21. The number of pyridine rings is 1. The molecule has 0 aromatic carbocycles. The standard InChI is InChI=1S/C22H28N4OS/c1-15(2)26-21-18(13-23-26)17(12-19(24-21)20-10-7-11-28-20)22(27)25(3)14-16-8-5-4-6-9-16/h7,10-13,15-16H,4-6,8-9,14H2,1-3H3. The van der Waals surface area contributed by atoms with Gasteiger partial charge in [0, 0.05) is 19.6 Å². The third kappa shape index (κ3) is 3.70. The van der Waals surface area contributed by atoms with E-state index in [2.05, 4.69) is 25.0 Å². The van der Waals surface area contributed by atoms with Crippen LogP contribution in [0.1, 0.15) is 62.4 Å². The summed E-state index contributed by atoms with van der Waals surface area (Å²) in [5.41, 5.74) is 2.34. The van der Waals surface area contributed by atoms with Gasteiger partial charge in [-0.3, -0.25) is 4.79 Å². The number of nitrogens with zero attached hydrogens (tertiary/aromatic N) is 4. The van der Waals surface area contributed by atoms with Gasteiger partial charge < -0.3 is 4.90 Å². The first-order chi connectivity index (χ1) is 13.5. The minimum atomic E-state index is 0.0686. The normalized spacial score (nSPS) is 15.4. The van der Waals surface area contributed by atoms with Crippen LogP contribution in [-0.2, 0) is 0 Å². The Morgan fingerprint density at radius 2 is 2.11 bits per heavy atom. The molecule has 1 fully saturated rings. The van der Waals surface area contributed by atoms with E-state index in [0.717, 1.165) is 28.1 Å². The van der Waals surface area contributed by atoms with Gasteiger partial charge in [-0.1, -0.05) is 25.3 Å². The molecule has 0 radical (unpaired) electrons. The summed E-state index contributed by atoms with van der Waals surface area (Å²) in [6.07, 6.45) is 8.16. The highest BCUT2D eigenvalue weighted by atomic mass is 32.1. The second kappa shape index (κ2) is 8.03. The molecule has 5 nitrogen and oxygen atoms in total. The minimum Gasteiger partial charge on any atom is -0.341 e. The lowest BCUT2D eigenvalue weighted by Crippen LogP contribution is -2.32. The van der Waals surface area contributed by atoms with E-state index in [-0.39, 0.29) is 11.9 Å². The SMILES string of the molecule is CC(C)n1ncc2c(C(=O)N(C)CC3CCCCC3)cc(-c3cccs3)nc21. The number of hydrogen-bond donors (Lipinski definition) is 0. The van der Waals surface area contributed by atoms with Gasteiger partial charge in [0.2, 0.25) is 0 Å². The van der Waals surface area contributed by atoms with Gasteiger partial charge >= 0.3 is 0 Å². The van der Waals surface area contributed by atoms with Crippen LogP contribution in [-0.4, -0.2) is 39.2 Å². The number of thiophene rings is 1. The van der Waals surface area contributed by atoms with Crippen molar-refractivity contribution in [2.24, 2.45) is 5.92 Å². The highest BCUT2D eigenvalue weighted by Gasteiger charge is 2.23. The molecular formula is C22H28N4OS. The smallest absolute Gasteiger partial charge is 0.254 e. The summed E-state index contributed by atoms with van der Waals surface area (Å²) in [5.74, 6) is 0.689. The monoisotopic (exact) mass is 396 g/mol. The molecule has 0 N–H and O–H groups in total. The number of carbonyl (C=O) groups excluding carboxylic acids is 1. The minimum absolute atomic E-state index is 0.0686. The summed E-state index contributed by atoms with van der Waals surface area (Å²) in [5, 5.41) is 7.40. The fraction of sp³-hybridized carbons (Fsp3) is 0.500. The van der Waals surface area contributed by atoms with Crippen LogP contribution in [0.5, 0.6) is 0 Å². The number of aromatic nitrogens is 3. The van der Waals surface area contributed by atoms with Gasteiger partial charge in [-0.05, 0) is 50.1 Å². The highest BCUT2D eigenvalue weighted by Crippen LogP contribution is 2.30. The first kappa shape index (κ1) is 19.1. The molecule has 28 heavy (non-hydrogen) atoms. The molecule has 0 spiro atoms. The zero-order valence-electron chi connectivity index (χ0n) is 16.9. The van der Waals surface area contributed by atoms with E-state index in [0.29, 0.717) is 11.5 Å². The van der Waals surface area contributed by atoms with Gasteiger partial charge in [-0.25, -0.2) is 9.67 Å². The Kier molecular flexibility index (Phi) is 5.49. The van der Waals surface area contributed by atoms with Crippen molar-refractivity contribution in [3.63, 3.8) is 0 Å². The second-order valence-electron chi connectivity index (χ2n) is 8.14. The fourth-order valence-electron chi connectivity index (χ4n) is 4.17. The average molecular weight is 397 g/mol. The summed E-state index contributed by atoms with van der Waals surface area (Å²) < 4.78 is 1.91. The Labute approximate surface area is 170 Å². The molecule has 148 valence electrons. The van der Waals surface area contributed by atoms with Crippen LogP contribution < -0.4 is 0 Å². The van der Waals surface area contributed by atoms with Crippen molar-refractivity contribution in [1.82, 2.24) is 19.7 Å². The van der Waals surface area contributed by atoms with E-state index < -0.39 is 0 Å². The third-order valence-corrected chi connectivity index (χ3v) is 6.56. The van der Waals surface area contributed by atoms with E-state index in [1.54, 1.807) is 17.5 Å². The third-order valence-electron chi connectivity index (χ3n) is 5.66. The summed E-state index contributed by atoms with van der Waals surface area (Å²) in [6, 6.07) is 6.20. The van der Waals surface area contributed by atoms with Crippen molar-refractivity contribution >= 4 is 28.3 Å². The molecule has 0 aliphatic heterocycles. The summed E-state index contributed by atoms with van der Waals surface area (Å²) in [7, 11) is 1.93. The van der Waals surface area contributed by atoms with E-state index in [1.807, 2.05) is 34.1 Å². The summed E-state index contributed by atoms with van der Waals surface area (Å²) >= 11 is 1.64. The lowest BCUT2D eigenvalue weighted by molar-refractivity contribution is 0.0762. The molecule has 1 amide bonds. The van der Waals surface area contributed by atoms with Crippen molar-refractivity contribution < 1.29 is 4.79 Å². The number of fused-ring (bicyclic) bond motifs is 1. The molecule has 1 saturated carbocycles. The van der Waals surface area contributed by atoms with Gasteiger partial charge in [0.15, 0.2) is 5.65 Å². The van der Waals surface area contributed by atoms with E-state index in [1.165, 1.54) is 32.1 Å². The molecule has 0 saturated heterocycles. The van der Waals surface area contributed by atoms with Crippen molar-refractivity contribution in [2.75, 3.05) is 13.6 Å². The summed E-state index contributed by atoms with van der Waals surface area (Å²) in [6.45, 7) is 5.00. The maximum absolute atomic E-state index is 13.4. The maximum atomic E-state index is 13.4. The van der Waals surface area contributed by atoms with Gasteiger partial charge in [0.05, 0.1) is 27.7 Å². The lowest BCUT2D eigenvalue weighted by atomic mass is 9.89. The van der Waals surface area contributed by atoms with E-state index >= 15 is 0 Å². The molecular weight excluding hydrogens is 368 g/mol. The van der Waals surface area contributed by atoms with Crippen molar-refractivity contribution in [2.45, 2.75) is 52.0 Å². The van der Waals surface area contributed by atoms with Crippen LogP contribution in [0, 0.1) is 5.92 Å². The first-order valence-corrected chi connectivity index (χ1v) is 11.1. The van der Waals surface area contributed by atoms with Crippen molar-refractivity contribution in [3.8, 4) is 10.6 Å². The largest absolute Gasteiger partial charge is 0.341 e. The molecule has 1 aliphatic carbocycles. The molecule has 6 heteroatoms. The Morgan fingerprint density at radius 1 is 1.32 bits per heavy atom. The van der Waals surface area contributed by atoms with Crippen LogP contribution in [0.2, 0.25) is 0 Å². The quantitative estimate of drug-likeness (QED) is 0.581. The van der Waals surface area contributed by atoms with Crippen LogP contribution in [0.15, 0.2) is 29.8 Å². The molecule has 0 bridgehead atoms. The van der Waals surface area contributed by atoms with E-state index in [4.69, 9.17) is 4.98 Å². The van der Waals surface area contributed by atoms with E-state index in [9.17, 15) is 4.79 Å². The topological polar surface area (TPSA) is 51.0 Å². The molecule has 3 aromatic heterocycles. The Balaban J connectivity index is 1.73. The maximum Gasteiger partial charge on any atom is 0.254 e. The molecule has 0 unspecified atom stereocenters. The van der Waals surface area contributed by atoms with Crippen LogP contribution in [0.3, 0.4) is 0 Å². The molecule has 3 aromatic rings. The Morgan fingerprint density at radius 3 is 2.79 bits per heavy atom. The van der Waals surface area contributed by atoms with Gasteiger partial charge in [-0.15, -0.1) is 11.3 Å². The number of hydrogen-bond acceptors (Lipinski definition) is 4. The molecule has 0 atom stereocenters. The lowest BCUT2D eigenvalue weighted by Gasteiger charge is -2.27. The zero-order valence-corrected chi connectivity index (χ0v) is 17.7. The first-order valence-electron chi connectivity index (χ1n) is 10.2. The number of amides is 1. The van der Waals surface area contributed by atoms with Crippen LogP contribution in [0.4, 0.5) is 0 Å². The molecule has 1 aliphatic rings. The number of carbonyl (C=O) groups is 1. The predicted molar refractivity (Wildman–Crippen MR) is 115 cm³/mol. The average Bonchev–Trinajstić information content (AvgIpc) is 3.37. The number of rotatable bonds is 5. The predicted octanol–water partition coefficient (Wildman–Crippen LogP) is 5.39. The van der Waals surface area contributed by atoms with Gasteiger partial charge in [0.1, 0.15) is 0 Å². The Bertz CT molecular complexity index is 954. The van der Waals surface area contributed by atoms with Gasteiger partial charge in [-0.2, -0.15) is 5.10 Å². The summed E-state index contributed by atoms with van der Waals surface area (Å²) in [4.78, 5) is 21.2. The van der Waals surface area contributed by atoms with Crippen LogP contribution >= 0.6 is 11.3 Å². The molecule has 4 rings (SSSR count). The zero-order chi connectivity index (χ0) is 19.7.